The standard InChI is InChI=1S/C25H34N2O5S/c1-30-16-19(28)14-26(13-18-3-4-18)15-25(29)27-11-9-24-22(10-12-33-24)23(27)17-32-21-7-5-20(31-2)6-8-21/h5-8,10,12,18-19,23,28H,3-4,9,11,13-17H2,1-2H3/t19-,23-/m1/s1. The fourth-order valence-electron chi connectivity index (χ4n) is 4.42. The van der Waals surface area contributed by atoms with E-state index in [1.165, 1.54) is 23.3 Å². The zero-order chi connectivity index (χ0) is 23.2. The summed E-state index contributed by atoms with van der Waals surface area (Å²) in [4.78, 5) is 18.9. The Kier molecular flexibility index (Phi) is 8.25. The van der Waals surface area contributed by atoms with Crippen LogP contribution in [0, 0.1) is 5.92 Å². The van der Waals surface area contributed by atoms with Crippen LogP contribution in [0.1, 0.15) is 29.3 Å². The fourth-order valence-corrected chi connectivity index (χ4v) is 5.34. The van der Waals surface area contributed by atoms with E-state index in [1.807, 2.05) is 29.2 Å². The van der Waals surface area contributed by atoms with Crippen LogP contribution in [0.3, 0.4) is 0 Å². The summed E-state index contributed by atoms with van der Waals surface area (Å²) in [5, 5.41) is 12.4. The van der Waals surface area contributed by atoms with Gasteiger partial charge in [-0.05, 0) is 66.5 Å². The van der Waals surface area contributed by atoms with Crippen LogP contribution in [0.15, 0.2) is 35.7 Å². The molecule has 0 unspecified atom stereocenters. The Hall–Kier alpha value is -2.13. The SMILES string of the molecule is COC[C@H](O)CN(CC(=O)N1CCc2sccc2[C@H]1COc1ccc(OC)cc1)CC1CC1. The molecular formula is C25H34N2O5S. The van der Waals surface area contributed by atoms with Gasteiger partial charge in [0.05, 0.1) is 32.4 Å². The molecule has 8 heteroatoms. The van der Waals surface area contributed by atoms with Crippen LogP contribution in [0.5, 0.6) is 11.5 Å². The van der Waals surface area contributed by atoms with Gasteiger partial charge in [0, 0.05) is 31.6 Å². The lowest BCUT2D eigenvalue weighted by Gasteiger charge is -2.37. The molecule has 2 atom stereocenters. The van der Waals surface area contributed by atoms with Crippen molar-refractivity contribution in [3.8, 4) is 11.5 Å². The molecule has 1 aliphatic carbocycles. The van der Waals surface area contributed by atoms with E-state index in [9.17, 15) is 9.90 Å². The van der Waals surface area contributed by atoms with Crippen LogP contribution in [0.25, 0.3) is 0 Å². The van der Waals surface area contributed by atoms with Crippen molar-refractivity contribution in [1.29, 1.82) is 0 Å². The largest absolute Gasteiger partial charge is 0.497 e. The molecule has 1 saturated carbocycles. The first-order valence-corrected chi connectivity index (χ1v) is 12.5. The van der Waals surface area contributed by atoms with Gasteiger partial charge >= 0.3 is 0 Å². The minimum Gasteiger partial charge on any atom is -0.497 e. The van der Waals surface area contributed by atoms with Gasteiger partial charge in [0.15, 0.2) is 0 Å². The quantitative estimate of drug-likeness (QED) is 0.510. The number of aliphatic hydroxyl groups excluding tert-OH is 1. The molecule has 33 heavy (non-hydrogen) atoms. The number of methoxy groups -OCH3 is 2. The molecule has 1 amide bonds. The second-order valence-corrected chi connectivity index (χ2v) is 9.89. The first-order chi connectivity index (χ1) is 16.1. The monoisotopic (exact) mass is 474 g/mol. The maximum absolute atomic E-state index is 13.5. The number of carbonyl (C=O) groups excluding carboxylic acids is 1. The lowest BCUT2D eigenvalue weighted by atomic mass is 10.0. The minimum absolute atomic E-state index is 0.0837. The third kappa shape index (κ3) is 6.47. The average Bonchev–Trinajstić information content (AvgIpc) is 3.49. The van der Waals surface area contributed by atoms with Gasteiger partial charge in [-0.1, -0.05) is 0 Å². The number of hydrogen-bond acceptors (Lipinski definition) is 7. The number of carbonyl (C=O) groups is 1. The topological polar surface area (TPSA) is 71.5 Å². The lowest BCUT2D eigenvalue weighted by Crippen LogP contribution is -2.48. The van der Waals surface area contributed by atoms with E-state index < -0.39 is 6.10 Å². The maximum Gasteiger partial charge on any atom is 0.237 e. The number of thiophene rings is 1. The van der Waals surface area contributed by atoms with E-state index in [2.05, 4.69) is 16.3 Å². The first kappa shape index (κ1) is 24.0. The summed E-state index contributed by atoms with van der Waals surface area (Å²) in [5.74, 6) is 2.25. The number of aliphatic hydroxyl groups is 1. The molecule has 2 heterocycles. The van der Waals surface area contributed by atoms with Gasteiger partial charge in [-0.2, -0.15) is 0 Å². The molecule has 7 nitrogen and oxygen atoms in total. The van der Waals surface area contributed by atoms with Crippen LogP contribution in [-0.4, -0.2) is 80.5 Å². The highest BCUT2D eigenvalue weighted by Gasteiger charge is 2.34. The summed E-state index contributed by atoms with van der Waals surface area (Å²) in [6.45, 7) is 2.95. The molecule has 0 saturated heterocycles. The zero-order valence-electron chi connectivity index (χ0n) is 19.4. The smallest absolute Gasteiger partial charge is 0.237 e. The minimum atomic E-state index is -0.597. The molecule has 1 fully saturated rings. The normalized spacial score (nSPS) is 18.8. The number of amides is 1. The van der Waals surface area contributed by atoms with Crippen molar-refractivity contribution < 1.29 is 24.1 Å². The Labute approximate surface area is 199 Å². The molecule has 0 bridgehead atoms. The number of ether oxygens (including phenoxy) is 3. The molecule has 1 aromatic heterocycles. The molecule has 0 spiro atoms. The van der Waals surface area contributed by atoms with Crippen molar-refractivity contribution in [2.45, 2.75) is 31.4 Å². The van der Waals surface area contributed by atoms with Crippen molar-refractivity contribution in [3.63, 3.8) is 0 Å². The van der Waals surface area contributed by atoms with E-state index in [0.717, 1.165) is 24.5 Å². The van der Waals surface area contributed by atoms with Gasteiger partial charge in [0.2, 0.25) is 5.91 Å². The van der Waals surface area contributed by atoms with Gasteiger partial charge < -0.3 is 24.2 Å². The highest BCUT2D eigenvalue weighted by molar-refractivity contribution is 7.10. The summed E-state index contributed by atoms with van der Waals surface area (Å²) in [5.41, 5.74) is 1.18. The number of nitrogens with zero attached hydrogens (tertiary/aromatic N) is 2. The Bertz CT molecular complexity index is 898. The molecule has 0 radical (unpaired) electrons. The van der Waals surface area contributed by atoms with Crippen molar-refractivity contribution in [3.05, 3.63) is 46.2 Å². The fraction of sp³-hybridized carbons (Fsp3) is 0.560. The Balaban J connectivity index is 1.44. The molecule has 1 aromatic carbocycles. The van der Waals surface area contributed by atoms with Crippen LogP contribution >= 0.6 is 11.3 Å². The highest BCUT2D eigenvalue weighted by Crippen LogP contribution is 2.34. The van der Waals surface area contributed by atoms with Crippen molar-refractivity contribution >= 4 is 17.2 Å². The van der Waals surface area contributed by atoms with Crippen molar-refractivity contribution in [1.82, 2.24) is 9.80 Å². The van der Waals surface area contributed by atoms with E-state index >= 15 is 0 Å². The van der Waals surface area contributed by atoms with Crippen molar-refractivity contribution in [2.75, 3.05) is 53.6 Å². The van der Waals surface area contributed by atoms with Gasteiger partial charge in [-0.15, -0.1) is 11.3 Å². The predicted molar refractivity (Wildman–Crippen MR) is 128 cm³/mol. The van der Waals surface area contributed by atoms with Crippen molar-refractivity contribution in [2.24, 2.45) is 5.92 Å². The van der Waals surface area contributed by atoms with Gasteiger partial charge in [-0.3, -0.25) is 9.69 Å². The Morgan fingerprint density at radius 2 is 1.97 bits per heavy atom. The Morgan fingerprint density at radius 3 is 2.67 bits per heavy atom. The second-order valence-electron chi connectivity index (χ2n) is 8.89. The average molecular weight is 475 g/mol. The van der Waals surface area contributed by atoms with Gasteiger partial charge in [0.25, 0.3) is 0 Å². The van der Waals surface area contributed by atoms with E-state index in [-0.39, 0.29) is 18.6 Å². The Morgan fingerprint density at radius 1 is 1.21 bits per heavy atom. The molecule has 180 valence electrons. The predicted octanol–water partition coefficient (Wildman–Crippen LogP) is 2.98. The van der Waals surface area contributed by atoms with Crippen LogP contribution in [-0.2, 0) is 16.0 Å². The lowest BCUT2D eigenvalue weighted by molar-refractivity contribution is -0.136. The van der Waals surface area contributed by atoms with Crippen LogP contribution in [0.4, 0.5) is 0 Å². The molecule has 2 aromatic rings. The summed E-state index contributed by atoms with van der Waals surface area (Å²) in [6.07, 6.45) is 2.67. The van der Waals surface area contributed by atoms with Gasteiger partial charge in [0.1, 0.15) is 18.1 Å². The molecule has 1 aliphatic heterocycles. The third-order valence-corrected chi connectivity index (χ3v) is 7.28. The number of fused-ring (bicyclic) bond motifs is 1. The second kappa shape index (κ2) is 11.3. The van der Waals surface area contributed by atoms with Gasteiger partial charge in [-0.25, -0.2) is 0 Å². The van der Waals surface area contributed by atoms with E-state index in [0.29, 0.717) is 32.2 Å². The summed E-state index contributed by atoms with van der Waals surface area (Å²) < 4.78 is 16.4. The van der Waals surface area contributed by atoms with E-state index in [4.69, 9.17) is 14.2 Å². The summed E-state index contributed by atoms with van der Waals surface area (Å²) in [6, 6.07) is 9.51. The summed E-state index contributed by atoms with van der Waals surface area (Å²) in [7, 11) is 3.22. The third-order valence-electron chi connectivity index (χ3n) is 6.28. The highest BCUT2D eigenvalue weighted by atomic mass is 32.1. The molecule has 1 N–H and O–H groups in total. The first-order valence-electron chi connectivity index (χ1n) is 11.6. The number of rotatable bonds is 12. The van der Waals surface area contributed by atoms with Crippen LogP contribution < -0.4 is 9.47 Å². The molecular weight excluding hydrogens is 440 g/mol. The number of benzene rings is 1. The van der Waals surface area contributed by atoms with Crippen LogP contribution in [0.2, 0.25) is 0 Å². The zero-order valence-corrected chi connectivity index (χ0v) is 20.3. The number of hydrogen-bond donors (Lipinski definition) is 1. The van der Waals surface area contributed by atoms with E-state index in [1.54, 1.807) is 25.6 Å². The summed E-state index contributed by atoms with van der Waals surface area (Å²) >= 11 is 1.75. The maximum atomic E-state index is 13.5. The molecule has 2 aliphatic rings. The molecule has 4 rings (SSSR count).